The largest absolute Gasteiger partial charge is 0.356 e. The molecule has 1 atom stereocenters. The summed E-state index contributed by atoms with van der Waals surface area (Å²) in [5.41, 5.74) is 4.48. The van der Waals surface area contributed by atoms with Crippen LogP contribution >= 0.6 is 39.7 Å². The Balaban J connectivity index is 2.05. The number of aryl methyl sites for hydroxylation is 2. The lowest BCUT2D eigenvalue weighted by molar-refractivity contribution is 0.722. The highest BCUT2D eigenvalue weighted by Gasteiger charge is 2.10. The van der Waals surface area contributed by atoms with Crippen LogP contribution in [-0.4, -0.2) is 5.11 Å². The van der Waals surface area contributed by atoms with Gasteiger partial charge in [0.1, 0.15) is 0 Å². The van der Waals surface area contributed by atoms with Gasteiger partial charge in [0.25, 0.3) is 0 Å². The molecule has 0 amide bonds. The summed E-state index contributed by atoms with van der Waals surface area (Å²) in [6.45, 7) is 6.19. The van der Waals surface area contributed by atoms with Crippen molar-refractivity contribution < 1.29 is 0 Å². The smallest absolute Gasteiger partial charge is 0.171 e. The van der Waals surface area contributed by atoms with E-state index in [-0.39, 0.29) is 6.04 Å². The first kappa shape index (κ1) is 17.3. The maximum atomic E-state index is 5.91. The third kappa shape index (κ3) is 4.45. The van der Waals surface area contributed by atoms with Crippen molar-refractivity contribution in [3.8, 4) is 0 Å². The number of thiocarbonyl (C=S) groups is 1. The molecule has 0 fully saturated rings. The van der Waals surface area contributed by atoms with E-state index in [0.717, 1.165) is 31.9 Å². The van der Waals surface area contributed by atoms with Crippen LogP contribution in [-0.2, 0) is 0 Å². The van der Waals surface area contributed by atoms with Crippen molar-refractivity contribution in [2.24, 2.45) is 0 Å². The quantitative estimate of drug-likeness (QED) is 0.643. The Morgan fingerprint density at radius 2 is 1.68 bits per heavy atom. The fraction of sp³-hybridized carbons (Fsp3) is 0.235. The molecular formula is C17H18BrClN2S. The van der Waals surface area contributed by atoms with Crippen molar-refractivity contribution in [1.29, 1.82) is 0 Å². The van der Waals surface area contributed by atoms with Gasteiger partial charge in [0, 0.05) is 15.2 Å². The van der Waals surface area contributed by atoms with E-state index in [1.807, 2.05) is 24.3 Å². The summed E-state index contributed by atoms with van der Waals surface area (Å²) in [7, 11) is 0. The van der Waals surface area contributed by atoms with Gasteiger partial charge in [-0.05, 0) is 73.9 Å². The van der Waals surface area contributed by atoms with E-state index >= 15 is 0 Å². The van der Waals surface area contributed by atoms with Gasteiger partial charge >= 0.3 is 0 Å². The van der Waals surface area contributed by atoms with Gasteiger partial charge in [-0.2, -0.15) is 0 Å². The molecule has 2 N–H and O–H groups in total. The average molecular weight is 398 g/mol. The van der Waals surface area contributed by atoms with E-state index in [0.29, 0.717) is 5.11 Å². The summed E-state index contributed by atoms with van der Waals surface area (Å²) in [5.74, 6) is 0. The molecule has 22 heavy (non-hydrogen) atoms. The number of rotatable bonds is 3. The monoisotopic (exact) mass is 396 g/mol. The highest BCUT2D eigenvalue weighted by molar-refractivity contribution is 9.10. The molecule has 0 saturated carbocycles. The van der Waals surface area contributed by atoms with Crippen molar-refractivity contribution in [1.82, 2.24) is 5.32 Å². The Kier molecular flexibility index (Phi) is 5.84. The minimum Gasteiger partial charge on any atom is -0.356 e. The molecule has 116 valence electrons. The van der Waals surface area contributed by atoms with E-state index in [2.05, 4.69) is 59.5 Å². The third-order valence-electron chi connectivity index (χ3n) is 3.45. The Morgan fingerprint density at radius 1 is 1.14 bits per heavy atom. The Morgan fingerprint density at radius 3 is 2.23 bits per heavy atom. The van der Waals surface area contributed by atoms with Crippen molar-refractivity contribution in [3.63, 3.8) is 0 Å². The Bertz CT molecular complexity index is 663. The summed E-state index contributed by atoms with van der Waals surface area (Å²) in [6, 6.07) is 12.0. The zero-order chi connectivity index (χ0) is 16.3. The zero-order valence-corrected chi connectivity index (χ0v) is 15.9. The van der Waals surface area contributed by atoms with E-state index in [4.69, 9.17) is 23.8 Å². The molecule has 2 rings (SSSR count). The topological polar surface area (TPSA) is 24.1 Å². The molecule has 0 saturated heterocycles. The first-order chi connectivity index (χ1) is 10.4. The standard InChI is InChI=1S/C17H18BrClN2S/c1-10-8-14(18)9-11(2)16(10)21-17(22)20-12(3)13-4-6-15(19)7-5-13/h4-9,12H,1-3H3,(H2,20,21,22)/t12-/m1/s1. The SMILES string of the molecule is Cc1cc(Br)cc(C)c1NC(=S)N[C@H](C)c1ccc(Cl)cc1. The second kappa shape index (κ2) is 7.44. The minimum atomic E-state index is 0.105. The molecule has 2 aromatic carbocycles. The normalized spacial score (nSPS) is 11.9. The van der Waals surface area contributed by atoms with Crippen molar-refractivity contribution in [3.05, 3.63) is 62.6 Å². The Labute approximate surface area is 150 Å². The number of benzene rings is 2. The van der Waals surface area contributed by atoms with Crippen LogP contribution in [0.1, 0.15) is 29.7 Å². The van der Waals surface area contributed by atoms with Gasteiger partial charge in [-0.1, -0.05) is 39.7 Å². The van der Waals surface area contributed by atoms with Crippen LogP contribution in [0.5, 0.6) is 0 Å². The van der Waals surface area contributed by atoms with Gasteiger partial charge in [0.05, 0.1) is 6.04 Å². The number of halogens is 2. The van der Waals surface area contributed by atoms with Crippen LogP contribution in [0.4, 0.5) is 5.69 Å². The lowest BCUT2D eigenvalue weighted by Gasteiger charge is -2.19. The van der Waals surface area contributed by atoms with Crippen LogP contribution in [0.15, 0.2) is 40.9 Å². The van der Waals surface area contributed by atoms with Crippen molar-refractivity contribution in [2.75, 3.05) is 5.32 Å². The molecule has 0 bridgehead atoms. The molecule has 0 aromatic heterocycles. The fourth-order valence-electron chi connectivity index (χ4n) is 2.29. The van der Waals surface area contributed by atoms with Gasteiger partial charge in [0.15, 0.2) is 5.11 Å². The molecule has 0 aliphatic rings. The molecule has 2 nitrogen and oxygen atoms in total. The number of nitrogens with one attached hydrogen (secondary N) is 2. The molecule has 0 radical (unpaired) electrons. The minimum absolute atomic E-state index is 0.105. The second-order valence-corrected chi connectivity index (χ2v) is 7.05. The lowest BCUT2D eigenvalue weighted by atomic mass is 10.1. The lowest BCUT2D eigenvalue weighted by Crippen LogP contribution is -2.31. The van der Waals surface area contributed by atoms with Gasteiger partial charge in [-0.15, -0.1) is 0 Å². The Hall–Kier alpha value is -1.10. The highest BCUT2D eigenvalue weighted by Crippen LogP contribution is 2.25. The first-order valence-electron chi connectivity index (χ1n) is 6.96. The number of hydrogen-bond acceptors (Lipinski definition) is 1. The predicted molar refractivity (Wildman–Crippen MR) is 103 cm³/mol. The molecule has 0 spiro atoms. The number of hydrogen-bond donors (Lipinski definition) is 2. The summed E-state index contributed by atoms with van der Waals surface area (Å²) in [5, 5.41) is 7.93. The van der Waals surface area contributed by atoms with Gasteiger partial charge in [-0.25, -0.2) is 0 Å². The zero-order valence-electron chi connectivity index (χ0n) is 12.7. The summed E-state index contributed by atoms with van der Waals surface area (Å²) in [4.78, 5) is 0. The second-order valence-electron chi connectivity index (χ2n) is 5.29. The molecule has 0 heterocycles. The van der Waals surface area contributed by atoms with Gasteiger partial charge < -0.3 is 10.6 Å². The van der Waals surface area contributed by atoms with E-state index in [1.54, 1.807) is 0 Å². The summed E-state index contributed by atoms with van der Waals surface area (Å²) in [6.07, 6.45) is 0. The van der Waals surface area contributed by atoms with Gasteiger partial charge in [0.2, 0.25) is 0 Å². The maximum Gasteiger partial charge on any atom is 0.171 e. The van der Waals surface area contributed by atoms with Gasteiger partial charge in [-0.3, -0.25) is 0 Å². The van der Waals surface area contributed by atoms with Crippen LogP contribution in [0.2, 0.25) is 5.02 Å². The highest BCUT2D eigenvalue weighted by atomic mass is 79.9. The summed E-state index contributed by atoms with van der Waals surface area (Å²) < 4.78 is 1.07. The first-order valence-corrected chi connectivity index (χ1v) is 8.54. The van der Waals surface area contributed by atoms with Crippen molar-refractivity contribution >= 4 is 50.5 Å². The fourth-order valence-corrected chi connectivity index (χ4v) is 3.38. The van der Waals surface area contributed by atoms with E-state index in [1.165, 1.54) is 0 Å². The van der Waals surface area contributed by atoms with Crippen molar-refractivity contribution in [2.45, 2.75) is 26.8 Å². The van der Waals surface area contributed by atoms with Crippen LogP contribution in [0, 0.1) is 13.8 Å². The molecule has 0 aliphatic carbocycles. The van der Waals surface area contributed by atoms with E-state index in [9.17, 15) is 0 Å². The van der Waals surface area contributed by atoms with Crippen LogP contribution in [0.25, 0.3) is 0 Å². The number of anilines is 1. The van der Waals surface area contributed by atoms with Crippen LogP contribution < -0.4 is 10.6 Å². The molecule has 5 heteroatoms. The maximum absolute atomic E-state index is 5.91. The third-order valence-corrected chi connectivity index (χ3v) is 4.38. The molecule has 2 aromatic rings. The molecule has 0 unspecified atom stereocenters. The predicted octanol–water partition coefficient (Wildman–Crippen LogP) is 5.77. The average Bonchev–Trinajstić information content (AvgIpc) is 2.43. The van der Waals surface area contributed by atoms with E-state index < -0.39 is 0 Å². The molecular weight excluding hydrogens is 380 g/mol. The van der Waals surface area contributed by atoms with Crippen LogP contribution in [0.3, 0.4) is 0 Å². The summed E-state index contributed by atoms with van der Waals surface area (Å²) >= 11 is 14.8. The molecule has 0 aliphatic heterocycles.